The molecule has 1 aliphatic heterocycles. The first-order valence-corrected chi connectivity index (χ1v) is 7.36. The third-order valence-electron chi connectivity index (χ3n) is 3.66. The summed E-state index contributed by atoms with van der Waals surface area (Å²) in [5.74, 6) is -0.310. The van der Waals surface area contributed by atoms with Gasteiger partial charge in [0.25, 0.3) is 0 Å². The first-order valence-electron chi connectivity index (χ1n) is 7.36. The summed E-state index contributed by atoms with van der Waals surface area (Å²) in [6.45, 7) is 4.76. The van der Waals surface area contributed by atoms with Gasteiger partial charge in [-0.1, -0.05) is 25.0 Å². The molecule has 0 amide bonds. The second kappa shape index (κ2) is 7.29. The van der Waals surface area contributed by atoms with Crippen LogP contribution in [0.15, 0.2) is 24.3 Å². The molecule has 1 aromatic rings. The molecular formula is C16H23NO3. The molecule has 1 aromatic carbocycles. The number of hydrogen-bond acceptors (Lipinski definition) is 3. The lowest BCUT2D eigenvalue weighted by atomic mass is 10.2. The second-order valence-corrected chi connectivity index (χ2v) is 5.44. The average molecular weight is 277 g/mol. The van der Waals surface area contributed by atoms with E-state index in [9.17, 15) is 4.79 Å². The van der Waals surface area contributed by atoms with E-state index >= 15 is 0 Å². The molecule has 1 atom stereocenters. The zero-order chi connectivity index (χ0) is 14.4. The van der Waals surface area contributed by atoms with Crippen LogP contribution in [0.1, 0.15) is 38.2 Å². The van der Waals surface area contributed by atoms with Crippen molar-refractivity contribution in [3.05, 3.63) is 29.8 Å². The van der Waals surface area contributed by atoms with Crippen molar-refractivity contribution >= 4 is 5.97 Å². The minimum atomic E-state index is -0.942. The predicted molar refractivity (Wildman–Crippen MR) is 77.9 cm³/mol. The number of hydrogen-bond donors (Lipinski definition) is 1. The first-order chi connectivity index (χ1) is 9.65. The van der Waals surface area contributed by atoms with Gasteiger partial charge in [-0.05, 0) is 50.6 Å². The Bertz CT molecular complexity index is 439. The average Bonchev–Trinajstić information content (AvgIpc) is 2.67. The highest BCUT2D eigenvalue weighted by Crippen LogP contribution is 2.18. The van der Waals surface area contributed by atoms with Gasteiger partial charge in [-0.25, -0.2) is 4.79 Å². The molecule has 0 aliphatic carbocycles. The molecule has 0 aromatic heterocycles. The molecule has 1 heterocycles. The zero-order valence-corrected chi connectivity index (χ0v) is 12.0. The summed E-state index contributed by atoms with van der Waals surface area (Å²) < 4.78 is 5.41. The van der Waals surface area contributed by atoms with E-state index in [0.29, 0.717) is 5.75 Å². The zero-order valence-electron chi connectivity index (χ0n) is 12.0. The fourth-order valence-electron chi connectivity index (χ4n) is 2.52. The molecule has 1 fully saturated rings. The van der Waals surface area contributed by atoms with Crippen LogP contribution in [0.3, 0.4) is 0 Å². The van der Waals surface area contributed by atoms with E-state index in [1.54, 1.807) is 6.92 Å². The Labute approximate surface area is 120 Å². The van der Waals surface area contributed by atoms with Gasteiger partial charge in [0.15, 0.2) is 6.10 Å². The van der Waals surface area contributed by atoms with Crippen molar-refractivity contribution < 1.29 is 14.6 Å². The minimum Gasteiger partial charge on any atom is -0.479 e. The van der Waals surface area contributed by atoms with Gasteiger partial charge >= 0.3 is 5.97 Å². The molecule has 20 heavy (non-hydrogen) atoms. The summed E-state index contributed by atoms with van der Waals surface area (Å²) >= 11 is 0. The molecule has 1 N–H and O–H groups in total. The Hall–Kier alpha value is -1.55. The monoisotopic (exact) mass is 277 g/mol. The number of aliphatic carboxylic acids is 1. The summed E-state index contributed by atoms with van der Waals surface area (Å²) in [6.07, 6.45) is 4.38. The highest BCUT2D eigenvalue weighted by Gasteiger charge is 2.13. The van der Waals surface area contributed by atoms with Crippen LogP contribution >= 0.6 is 0 Å². The number of carboxylic acids is 1. The van der Waals surface area contributed by atoms with Crippen LogP contribution in [-0.4, -0.2) is 35.2 Å². The van der Waals surface area contributed by atoms with E-state index in [1.807, 2.05) is 18.2 Å². The van der Waals surface area contributed by atoms with Crippen LogP contribution in [-0.2, 0) is 11.3 Å². The van der Waals surface area contributed by atoms with Crippen molar-refractivity contribution in [2.45, 2.75) is 45.3 Å². The summed E-state index contributed by atoms with van der Waals surface area (Å²) in [7, 11) is 0. The van der Waals surface area contributed by atoms with Crippen molar-refractivity contribution in [1.82, 2.24) is 4.90 Å². The number of nitrogens with zero attached hydrogens (tertiary/aromatic N) is 1. The van der Waals surface area contributed by atoms with Crippen molar-refractivity contribution in [3.63, 3.8) is 0 Å². The highest BCUT2D eigenvalue weighted by molar-refractivity contribution is 5.72. The lowest BCUT2D eigenvalue weighted by Gasteiger charge is -2.20. The maximum Gasteiger partial charge on any atom is 0.344 e. The molecular weight excluding hydrogens is 254 g/mol. The fraction of sp³-hybridized carbons (Fsp3) is 0.562. The Morgan fingerprint density at radius 2 is 2.00 bits per heavy atom. The molecule has 2 rings (SSSR count). The fourth-order valence-corrected chi connectivity index (χ4v) is 2.52. The maximum atomic E-state index is 10.8. The van der Waals surface area contributed by atoms with Crippen LogP contribution < -0.4 is 4.74 Å². The SMILES string of the molecule is CC(Oc1cccc(CN2CCCCCC2)c1)C(=O)O. The van der Waals surface area contributed by atoms with Crippen molar-refractivity contribution in [2.75, 3.05) is 13.1 Å². The van der Waals surface area contributed by atoms with Crippen LogP contribution in [0.5, 0.6) is 5.75 Å². The molecule has 110 valence electrons. The predicted octanol–water partition coefficient (Wildman–Crippen LogP) is 2.91. The number of benzene rings is 1. The van der Waals surface area contributed by atoms with Gasteiger partial charge in [0.05, 0.1) is 0 Å². The first kappa shape index (κ1) is 14.9. The van der Waals surface area contributed by atoms with E-state index in [1.165, 1.54) is 31.2 Å². The molecule has 1 unspecified atom stereocenters. The third kappa shape index (κ3) is 4.53. The number of carboxylic acid groups (broad SMARTS) is 1. The molecule has 4 heteroatoms. The van der Waals surface area contributed by atoms with E-state index in [0.717, 1.165) is 19.6 Å². The van der Waals surface area contributed by atoms with Gasteiger partial charge in [0, 0.05) is 6.54 Å². The number of likely N-dealkylation sites (tertiary alicyclic amines) is 1. The largest absolute Gasteiger partial charge is 0.479 e. The van der Waals surface area contributed by atoms with Crippen LogP contribution in [0.2, 0.25) is 0 Å². The molecule has 4 nitrogen and oxygen atoms in total. The van der Waals surface area contributed by atoms with Crippen molar-refractivity contribution in [3.8, 4) is 5.75 Å². The van der Waals surface area contributed by atoms with Gasteiger partial charge in [0.1, 0.15) is 5.75 Å². The summed E-state index contributed by atoms with van der Waals surface area (Å²) in [5, 5.41) is 8.87. The van der Waals surface area contributed by atoms with E-state index in [4.69, 9.17) is 9.84 Å². The smallest absolute Gasteiger partial charge is 0.344 e. The second-order valence-electron chi connectivity index (χ2n) is 5.44. The Morgan fingerprint density at radius 1 is 1.30 bits per heavy atom. The van der Waals surface area contributed by atoms with Gasteiger partial charge in [-0.2, -0.15) is 0 Å². The van der Waals surface area contributed by atoms with Crippen LogP contribution in [0.25, 0.3) is 0 Å². The summed E-state index contributed by atoms with van der Waals surface area (Å²) in [6, 6.07) is 7.76. The molecule has 1 aliphatic rings. The van der Waals surface area contributed by atoms with E-state index in [2.05, 4.69) is 11.0 Å². The molecule has 0 spiro atoms. The van der Waals surface area contributed by atoms with Gasteiger partial charge in [-0.15, -0.1) is 0 Å². The third-order valence-corrected chi connectivity index (χ3v) is 3.66. The summed E-state index contributed by atoms with van der Waals surface area (Å²) in [5.41, 5.74) is 1.18. The van der Waals surface area contributed by atoms with Crippen molar-refractivity contribution in [2.24, 2.45) is 0 Å². The summed E-state index contributed by atoms with van der Waals surface area (Å²) in [4.78, 5) is 13.3. The molecule has 1 saturated heterocycles. The lowest BCUT2D eigenvalue weighted by molar-refractivity contribution is -0.144. The normalized spacial score (nSPS) is 18.2. The minimum absolute atomic E-state index is 0.632. The molecule has 0 radical (unpaired) electrons. The quantitative estimate of drug-likeness (QED) is 0.899. The topological polar surface area (TPSA) is 49.8 Å². The van der Waals surface area contributed by atoms with Crippen LogP contribution in [0.4, 0.5) is 0 Å². The van der Waals surface area contributed by atoms with E-state index in [-0.39, 0.29) is 0 Å². The van der Waals surface area contributed by atoms with Gasteiger partial charge < -0.3 is 9.84 Å². The lowest BCUT2D eigenvalue weighted by Crippen LogP contribution is -2.24. The number of ether oxygens (including phenoxy) is 1. The number of carbonyl (C=O) groups is 1. The van der Waals surface area contributed by atoms with Gasteiger partial charge in [-0.3, -0.25) is 4.90 Å². The number of rotatable bonds is 5. The van der Waals surface area contributed by atoms with Crippen molar-refractivity contribution in [1.29, 1.82) is 0 Å². The van der Waals surface area contributed by atoms with E-state index < -0.39 is 12.1 Å². The highest BCUT2D eigenvalue weighted by atomic mass is 16.5. The Morgan fingerprint density at radius 3 is 2.65 bits per heavy atom. The van der Waals surface area contributed by atoms with Gasteiger partial charge in [0.2, 0.25) is 0 Å². The standard InChI is InChI=1S/C16H23NO3/c1-13(16(18)19)20-15-8-6-7-14(11-15)12-17-9-4-2-3-5-10-17/h6-8,11,13H,2-5,9-10,12H2,1H3,(H,18,19). The Kier molecular flexibility index (Phi) is 5.41. The molecule has 0 saturated carbocycles. The van der Waals surface area contributed by atoms with Crippen LogP contribution in [0, 0.1) is 0 Å². The molecule has 0 bridgehead atoms. The maximum absolute atomic E-state index is 10.8. The Balaban J connectivity index is 1.96.